The molecule has 2 aromatic rings. The first kappa shape index (κ1) is 19.7. The SMILES string of the molecule is CC(C)Oc1cccc(CNC(=O)NCC(C)N2CCc3sccc3C2)c1. The predicted molar refractivity (Wildman–Crippen MR) is 110 cm³/mol. The van der Waals surface area contributed by atoms with Crippen LogP contribution in [-0.4, -0.2) is 36.2 Å². The summed E-state index contributed by atoms with van der Waals surface area (Å²) in [5, 5.41) is 8.09. The Kier molecular flexibility index (Phi) is 6.74. The molecule has 0 bridgehead atoms. The van der Waals surface area contributed by atoms with Crippen LogP contribution in [0.3, 0.4) is 0 Å². The zero-order valence-electron chi connectivity index (χ0n) is 16.3. The molecule has 1 aliphatic heterocycles. The number of ether oxygens (including phenoxy) is 1. The standard InChI is InChI=1S/C21H29N3O2S/c1-15(2)26-19-6-4-5-17(11-19)13-23-21(25)22-12-16(3)24-9-7-20-18(14-24)8-10-27-20/h4-6,8,10-11,15-16H,7,9,12-14H2,1-3H3,(H2,22,23,25). The highest BCUT2D eigenvalue weighted by Gasteiger charge is 2.21. The molecule has 5 nitrogen and oxygen atoms in total. The quantitative estimate of drug-likeness (QED) is 0.760. The first-order chi connectivity index (χ1) is 13.0. The van der Waals surface area contributed by atoms with Crippen LogP contribution in [0.15, 0.2) is 35.7 Å². The van der Waals surface area contributed by atoms with Crippen molar-refractivity contribution < 1.29 is 9.53 Å². The summed E-state index contributed by atoms with van der Waals surface area (Å²) < 4.78 is 5.69. The van der Waals surface area contributed by atoms with Gasteiger partial charge in [0, 0.05) is 37.1 Å². The van der Waals surface area contributed by atoms with Crippen LogP contribution in [0.4, 0.5) is 4.79 Å². The van der Waals surface area contributed by atoms with E-state index in [2.05, 4.69) is 33.9 Å². The Balaban J connectivity index is 1.41. The Morgan fingerprint density at radius 2 is 2.11 bits per heavy atom. The number of rotatable bonds is 7. The van der Waals surface area contributed by atoms with Crippen molar-refractivity contribution in [2.24, 2.45) is 0 Å². The minimum absolute atomic E-state index is 0.134. The normalized spacial score (nSPS) is 15.3. The molecule has 146 valence electrons. The Morgan fingerprint density at radius 1 is 1.26 bits per heavy atom. The molecule has 1 aromatic heterocycles. The van der Waals surface area contributed by atoms with Crippen molar-refractivity contribution in [1.29, 1.82) is 0 Å². The summed E-state index contributed by atoms with van der Waals surface area (Å²) >= 11 is 1.85. The van der Waals surface area contributed by atoms with Gasteiger partial charge >= 0.3 is 6.03 Å². The second-order valence-electron chi connectivity index (χ2n) is 7.32. The lowest BCUT2D eigenvalue weighted by Gasteiger charge is -2.32. The minimum Gasteiger partial charge on any atom is -0.491 e. The maximum absolute atomic E-state index is 12.2. The van der Waals surface area contributed by atoms with Gasteiger partial charge in [0.25, 0.3) is 0 Å². The van der Waals surface area contributed by atoms with Crippen LogP contribution in [-0.2, 0) is 19.5 Å². The van der Waals surface area contributed by atoms with Crippen molar-refractivity contribution in [2.45, 2.75) is 52.4 Å². The first-order valence-corrected chi connectivity index (χ1v) is 10.5. The monoisotopic (exact) mass is 387 g/mol. The molecule has 2 heterocycles. The van der Waals surface area contributed by atoms with Crippen molar-refractivity contribution in [1.82, 2.24) is 15.5 Å². The highest BCUT2D eigenvalue weighted by molar-refractivity contribution is 7.10. The molecule has 6 heteroatoms. The number of thiophene rings is 1. The number of hydrogen-bond donors (Lipinski definition) is 2. The molecule has 2 N–H and O–H groups in total. The van der Waals surface area contributed by atoms with Crippen molar-refractivity contribution in [3.05, 3.63) is 51.7 Å². The number of carbonyl (C=O) groups is 1. The van der Waals surface area contributed by atoms with Gasteiger partial charge in [0.2, 0.25) is 0 Å². The van der Waals surface area contributed by atoms with E-state index < -0.39 is 0 Å². The fourth-order valence-electron chi connectivity index (χ4n) is 3.26. The van der Waals surface area contributed by atoms with E-state index in [1.165, 1.54) is 10.4 Å². The molecule has 1 aromatic carbocycles. The number of nitrogens with one attached hydrogen (secondary N) is 2. The molecule has 1 atom stereocenters. The molecule has 1 aliphatic rings. The maximum Gasteiger partial charge on any atom is 0.315 e. The summed E-state index contributed by atoms with van der Waals surface area (Å²) in [5.74, 6) is 0.830. The lowest BCUT2D eigenvalue weighted by atomic mass is 10.1. The molecular formula is C21H29N3O2S. The Bertz CT molecular complexity index is 759. The molecule has 0 fully saturated rings. The zero-order valence-corrected chi connectivity index (χ0v) is 17.1. The first-order valence-electron chi connectivity index (χ1n) is 9.58. The second-order valence-corrected chi connectivity index (χ2v) is 8.32. The van der Waals surface area contributed by atoms with E-state index in [9.17, 15) is 4.79 Å². The summed E-state index contributed by atoms with van der Waals surface area (Å²) in [5.41, 5.74) is 2.46. The van der Waals surface area contributed by atoms with Crippen LogP contribution >= 0.6 is 11.3 Å². The van der Waals surface area contributed by atoms with Gasteiger partial charge in [0.15, 0.2) is 0 Å². The van der Waals surface area contributed by atoms with Gasteiger partial charge < -0.3 is 15.4 Å². The summed E-state index contributed by atoms with van der Waals surface area (Å²) in [6, 6.07) is 10.2. The molecule has 2 amide bonds. The number of nitrogens with zero attached hydrogens (tertiary/aromatic N) is 1. The highest BCUT2D eigenvalue weighted by Crippen LogP contribution is 2.24. The van der Waals surface area contributed by atoms with Crippen molar-refractivity contribution in [3.63, 3.8) is 0 Å². The van der Waals surface area contributed by atoms with E-state index in [1.54, 1.807) is 0 Å². The van der Waals surface area contributed by atoms with Gasteiger partial charge in [-0.2, -0.15) is 0 Å². The molecule has 0 saturated heterocycles. The van der Waals surface area contributed by atoms with Crippen molar-refractivity contribution >= 4 is 17.4 Å². The smallest absolute Gasteiger partial charge is 0.315 e. The molecule has 1 unspecified atom stereocenters. The number of urea groups is 1. The number of benzene rings is 1. The second kappa shape index (κ2) is 9.24. The zero-order chi connectivity index (χ0) is 19.2. The van der Waals surface area contributed by atoms with Gasteiger partial charge in [-0.25, -0.2) is 4.79 Å². The largest absolute Gasteiger partial charge is 0.491 e. The Labute approximate surface area is 165 Å². The summed E-state index contributed by atoms with van der Waals surface area (Å²) in [6.45, 7) is 9.33. The maximum atomic E-state index is 12.2. The fourth-order valence-corrected chi connectivity index (χ4v) is 4.15. The van der Waals surface area contributed by atoms with Crippen LogP contribution < -0.4 is 15.4 Å². The van der Waals surface area contributed by atoms with Crippen LogP contribution in [0.25, 0.3) is 0 Å². The van der Waals surface area contributed by atoms with Gasteiger partial charge in [-0.3, -0.25) is 4.90 Å². The fraction of sp³-hybridized carbons (Fsp3) is 0.476. The van der Waals surface area contributed by atoms with E-state index in [4.69, 9.17) is 4.74 Å². The number of fused-ring (bicyclic) bond motifs is 1. The number of hydrogen-bond acceptors (Lipinski definition) is 4. The molecule has 3 rings (SSSR count). The van der Waals surface area contributed by atoms with Gasteiger partial charge in [0.1, 0.15) is 5.75 Å². The van der Waals surface area contributed by atoms with E-state index >= 15 is 0 Å². The number of amides is 2. The van der Waals surface area contributed by atoms with Gasteiger partial charge in [-0.15, -0.1) is 11.3 Å². The average Bonchev–Trinajstić information content (AvgIpc) is 3.12. The lowest BCUT2D eigenvalue weighted by Crippen LogP contribution is -2.46. The summed E-state index contributed by atoms with van der Waals surface area (Å²) in [6.07, 6.45) is 1.25. The third-order valence-electron chi connectivity index (χ3n) is 4.74. The molecule has 0 saturated carbocycles. The Morgan fingerprint density at radius 3 is 2.93 bits per heavy atom. The van der Waals surface area contributed by atoms with Crippen molar-refractivity contribution in [3.8, 4) is 5.75 Å². The van der Waals surface area contributed by atoms with E-state index in [-0.39, 0.29) is 12.1 Å². The van der Waals surface area contributed by atoms with E-state index in [0.29, 0.717) is 19.1 Å². The van der Waals surface area contributed by atoms with Crippen LogP contribution in [0.1, 0.15) is 36.8 Å². The lowest BCUT2D eigenvalue weighted by molar-refractivity contribution is 0.186. The average molecular weight is 388 g/mol. The predicted octanol–water partition coefficient (Wildman–Crippen LogP) is 3.78. The van der Waals surface area contributed by atoms with Crippen LogP contribution in [0, 0.1) is 0 Å². The Hall–Kier alpha value is -2.05. The molecule has 27 heavy (non-hydrogen) atoms. The summed E-state index contributed by atoms with van der Waals surface area (Å²) in [4.78, 5) is 16.1. The topological polar surface area (TPSA) is 53.6 Å². The molecule has 0 aliphatic carbocycles. The highest BCUT2D eigenvalue weighted by atomic mass is 32.1. The van der Waals surface area contributed by atoms with Gasteiger partial charge in [0.05, 0.1) is 6.10 Å². The third kappa shape index (κ3) is 5.71. The van der Waals surface area contributed by atoms with Gasteiger partial charge in [-0.05, 0) is 61.9 Å². The number of carbonyl (C=O) groups excluding carboxylic acids is 1. The van der Waals surface area contributed by atoms with Crippen LogP contribution in [0.5, 0.6) is 5.75 Å². The molecule has 0 radical (unpaired) electrons. The molecular weight excluding hydrogens is 358 g/mol. The summed E-state index contributed by atoms with van der Waals surface area (Å²) in [7, 11) is 0. The van der Waals surface area contributed by atoms with Crippen LogP contribution in [0.2, 0.25) is 0 Å². The van der Waals surface area contributed by atoms with E-state index in [0.717, 1.165) is 30.8 Å². The van der Waals surface area contributed by atoms with Crippen molar-refractivity contribution in [2.75, 3.05) is 13.1 Å². The van der Waals surface area contributed by atoms with E-state index in [1.807, 2.05) is 49.4 Å². The van der Waals surface area contributed by atoms with Gasteiger partial charge in [-0.1, -0.05) is 12.1 Å². The third-order valence-corrected chi connectivity index (χ3v) is 5.76. The molecule has 0 spiro atoms. The minimum atomic E-state index is -0.134.